The van der Waals surface area contributed by atoms with Crippen molar-refractivity contribution >= 4 is 35.1 Å². The van der Waals surface area contributed by atoms with E-state index in [1.165, 1.54) is 7.11 Å². The summed E-state index contributed by atoms with van der Waals surface area (Å²) in [5.74, 6) is -1.86. The van der Waals surface area contributed by atoms with Gasteiger partial charge in [-0.25, -0.2) is 9.59 Å². The van der Waals surface area contributed by atoms with Gasteiger partial charge in [0.2, 0.25) is 0 Å². The van der Waals surface area contributed by atoms with Crippen molar-refractivity contribution in [3.05, 3.63) is 92.2 Å². The van der Waals surface area contributed by atoms with Crippen LogP contribution in [0.2, 0.25) is 10.0 Å². The number of hydrogen-bond acceptors (Lipinski definition) is 5. The average Bonchev–Trinajstić information content (AvgIpc) is 2.72. The SMILES string of the molecule is COC(=O)C1=C(C)NC(C)=C(C(=O)OCc2ccccc2)[C@H]1c1ccc(Cl)cc1Cl. The number of rotatable bonds is 5. The maximum absolute atomic E-state index is 13.1. The highest BCUT2D eigenvalue weighted by molar-refractivity contribution is 6.35. The van der Waals surface area contributed by atoms with Crippen LogP contribution in [-0.4, -0.2) is 19.0 Å². The lowest BCUT2D eigenvalue weighted by atomic mass is 9.80. The first-order valence-electron chi connectivity index (χ1n) is 9.26. The Kier molecular flexibility index (Phi) is 6.85. The lowest BCUT2D eigenvalue weighted by Gasteiger charge is -2.30. The molecule has 0 bridgehead atoms. The molecule has 0 fully saturated rings. The van der Waals surface area contributed by atoms with E-state index in [9.17, 15) is 9.59 Å². The van der Waals surface area contributed by atoms with Gasteiger partial charge in [0.1, 0.15) is 6.61 Å². The van der Waals surface area contributed by atoms with E-state index in [1.807, 2.05) is 30.3 Å². The molecule has 1 aliphatic heterocycles. The Morgan fingerprint density at radius 3 is 2.20 bits per heavy atom. The number of halogens is 2. The molecule has 0 saturated heterocycles. The molecule has 30 heavy (non-hydrogen) atoms. The molecule has 0 unspecified atom stereocenters. The van der Waals surface area contributed by atoms with Gasteiger partial charge < -0.3 is 14.8 Å². The molecule has 0 spiro atoms. The first-order chi connectivity index (χ1) is 14.3. The maximum atomic E-state index is 13.1. The second-order valence-corrected chi connectivity index (χ2v) is 7.70. The summed E-state index contributed by atoms with van der Waals surface area (Å²) in [6, 6.07) is 14.3. The summed E-state index contributed by atoms with van der Waals surface area (Å²) in [7, 11) is 1.29. The number of dihydropyridines is 1. The molecule has 0 saturated carbocycles. The van der Waals surface area contributed by atoms with Gasteiger partial charge >= 0.3 is 11.9 Å². The van der Waals surface area contributed by atoms with Gasteiger partial charge in [0.15, 0.2) is 0 Å². The minimum atomic E-state index is -0.758. The van der Waals surface area contributed by atoms with E-state index in [2.05, 4.69) is 5.32 Å². The zero-order valence-electron chi connectivity index (χ0n) is 16.8. The molecular weight excluding hydrogens is 425 g/mol. The molecule has 2 aromatic rings. The fourth-order valence-electron chi connectivity index (χ4n) is 3.49. The zero-order chi connectivity index (χ0) is 21.8. The molecule has 0 aliphatic carbocycles. The Labute approximate surface area is 185 Å². The third-order valence-electron chi connectivity index (χ3n) is 4.87. The number of nitrogens with one attached hydrogen (secondary N) is 1. The summed E-state index contributed by atoms with van der Waals surface area (Å²) in [5.41, 5.74) is 3.16. The van der Waals surface area contributed by atoms with Gasteiger partial charge in [0.25, 0.3) is 0 Å². The largest absolute Gasteiger partial charge is 0.466 e. The van der Waals surface area contributed by atoms with Crippen LogP contribution in [0.15, 0.2) is 71.1 Å². The van der Waals surface area contributed by atoms with Gasteiger partial charge in [-0.2, -0.15) is 0 Å². The Morgan fingerprint density at radius 2 is 1.60 bits per heavy atom. The first kappa shape index (κ1) is 21.9. The normalized spacial score (nSPS) is 16.2. The third-order valence-corrected chi connectivity index (χ3v) is 5.43. The summed E-state index contributed by atoms with van der Waals surface area (Å²) in [5, 5.41) is 3.88. The van der Waals surface area contributed by atoms with Crippen molar-refractivity contribution in [2.45, 2.75) is 26.4 Å². The molecule has 0 radical (unpaired) electrons. The lowest BCUT2D eigenvalue weighted by molar-refractivity contribution is -0.140. The van der Waals surface area contributed by atoms with Crippen molar-refractivity contribution in [3.8, 4) is 0 Å². The molecule has 7 heteroatoms. The number of esters is 2. The van der Waals surface area contributed by atoms with Crippen LogP contribution in [0.4, 0.5) is 0 Å². The van der Waals surface area contributed by atoms with Crippen molar-refractivity contribution in [1.82, 2.24) is 5.32 Å². The van der Waals surface area contributed by atoms with Crippen LogP contribution in [0.5, 0.6) is 0 Å². The number of allylic oxidation sites excluding steroid dienone is 2. The van der Waals surface area contributed by atoms with E-state index in [4.69, 9.17) is 32.7 Å². The molecule has 3 rings (SSSR count). The van der Waals surface area contributed by atoms with Crippen molar-refractivity contribution in [2.24, 2.45) is 0 Å². The van der Waals surface area contributed by atoms with Gasteiger partial charge in [-0.15, -0.1) is 0 Å². The van der Waals surface area contributed by atoms with Crippen molar-refractivity contribution in [2.75, 3.05) is 7.11 Å². The Morgan fingerprint density at radius 1 is 0.967 bits per heavy atom. The molecular formula is C23H21Cl2NO4. The third kappa shape index (κ3) is 4.53. The van der Waals surface area contributed by atoms with E-state index in [0.29, 0.717) is 38.1 Å². The molecule has 0 aromatic heterocycles. The molecule has 1 aliphatic rings. The Hall–Kier alpha value is -2.76. The van der Waals surface area contributed by atoms with Crippen LogP contribution in [0.25, 0.3) is 0 Å². The molecule has 1 heterocycles. The van der Waals surface area contributed by atoms with E-state index in [1.54, 1.807) is 32.0 Å². The molecule has 1 atom stereocenters. The summed E-state index contributed by atoms with van der Waals surface area (Å²) in [6.07, 6.45) is 0. The van der Waals surface area contributed by atoms with Crippen LogP contribution in [0.3, 0.4) is 0 Å². The van der Waals surface area contributed by atoms with Crippen LogP contribution in [-0.2, 0) is 25.7 Å². The van der Waals surface area contributed by atoms with E-state index >= 15 is 0 Å². The lowest BCUT2D eigenvalue weighted by Crippen LogP contribution is -2.32. The molecule has 156 valence electrons. The first-order valence-corrected chi connectivity index (χ1v) is 10.0. The van der Waals surface area contributed by atoms with Crippen molar-refractivity contribution in [3.63, 3.8) is 0 Å². The Bertz CT molecular complexity index is 1040. The highest BCUT2D eigenvalue weighted by atomic mass is 35.5. The zero-order valence-corrected chi connectivity index (χ0v) is 18.3. The standard InChI is InChI=1S/C23H21Cl2NO4/c1-13-19(22(27)29-3)21(17-10-9-16(24)11-18(17)25)20(14(2)26-13)23(28)30-12-15-7-5-4-6-8-15/h4-11,21,26H,12H2,1-3H3/t21-/m0/s1. The van der Waals surface area contributed by atoms with E-state index < -0.39 is 17.9 Å². The van der Waals surface area contributed by atoms with Crippen LogP contribution >= 0.6 is 23.2 Å². The van der Waals surface area contributed by atoms with Crippen molar-refractivity contribution < 1.29 is 19.1 Å². The maximum Gasteiger partial charge on any atom is 0.337 e. The highest BCUT2D eigenvalue weighted by Gasteiger charge is 2.38. The Balaban J connectivity index is 2.05. The summed E-state index contributed by atoms with van der Waals surface area (Å²) < 4.78 is 10.6. The highest BCUT2D eigenvalue weighted by Crippen LogP contribution is 2.42. The second-order valence-electron chi connectivity index (χ2n) is 6.85. The van der Waals surface area contributed by atoms with Gasteiger partial charge in [-0.05, 0) is 37.1 Å². The number of ether oxygens (including phenoxy) is 2. The molecule has 2 aromatic carbocycles. The van der Waals surface area contributed by atoms with Crippen LogP contribution < -0.4 is 5.32 Å². The summed E-state index contributed by atoms with van der Waals surface area (Å²) in [4.78, 5) is 25.8. The molecule has 5 nitrogen and oxygen atoms in total. The van der Waals surface area contributed by atoms with Crippen molar-refractivity contribution in [1.29, 1.82) is 0 Å². The second kappa shape index (κ2) is 9.37. The van der Waals surface area contributed by atoms with Gasteiger partial charge in [-0.1, -0.05) is 59.6 Å². The van der Waals surface area contributed by atoms with Gasteiger partial charge in [0.05, 0.1) is 24.2 Å². The minimum absolute atomic E-state index is 0.105. The summed E-state index contributed by atoms with van der Waals surface area (Å²) >= 11 is 12.5. The fourth-order valence-corrected chi connectivity index (χ4v) is 4.01. The minimum Gasteiger partial charge on any atom is -0.466 e. The average molecular weight is 446 g/mol. The molecule has 1 N–H and O–H groups in total. The smallest absolute Gasteiger partial charge is 0.337 e. The number of benzene rings is 2. The van der Waals surface area contributed by atoms with E-state index in [0.717, 1.165) is 5.56 Å². The number of carbonyl (C=O) groups excluding carboxylic acids is 2. The molecule has 0 amide bonds. The number of methoxy groups -OCH3 is 1. The van der Waals surface area contributed by atoms with Gasteiger partial charge in [0, 0.05) is 21.4 Å². The number of hydrogen-bond donors (Lipinski definition) is 1. The topological polar surface area (TPSA) is 64.6 Å². The quantitative estimate of drug-likeness (QED) is 0.644. The monoisotopic (exact) mass is 445 g/mol. The summed E-state index contributed by atoms with van der Waals surface area (Å²) in [6.45, 7) is 3.61. The fraction of sp³-hybridized carbons (Fsp3) is 0.217. The van der Waals surface area contributed by atoms with E-state index in [-0.39, 0.29) is 6.61 Å². The number of carbonyl (C=O) groups is 2. The van der Waals surface area contributed by atoms with Crippen LogP contribution in [0.1, 0.15) is 30.9 Å². The van der Waals surface area contributed by atoms with Gasteiger partial charge in [-0.3, -0.25) is 0 Å². The predicted octanol–water partition coefficient (Wildman–Crippen LogP) is 5.14. The predicted molar refractivity (Wildman–Crippen MR) is 116 cm³/mol. The van der Waals surface area contributed by atoms with Crippen LogP contribution in [0, 0.1) is 0 Å².